The summed E-state index contributed by atoms with van der Waals surface area (Å²) in [7, 11) is 3.23. The summed E-state index contributed by atoms with van der Waals surface area (Å²) in [6, 6.07) is 3.56. The topological polar surface area (TPSA) is 81.4 Å². The van der Waals surface area contributed by atoms with E-state index >= 15 is 0 Å². The molecule has 29 heavy (non-hydrogen) atoms. The highest BCUT2D eigenvalue weighted by molar-refractivity contribution is 6.04. The molecule has 0 amide bonds. The molecule has 0 radical (unpaired) electrons. The van der Waals surface area contributed by atoms with Crippen LogP contribution < -0.4 is 16.2 Å². The van der Waals surface area contributed by atoms with E-state index < -0.39 is 11.6 Å². The van der Waals surface area contributed by atoms with Gasteiger partial charge in [-0.15, -0.1) is 0 Å². The minimum atomic E-state index is -0.989. The number of halogens is 2. The van der Waals surface area contributed by atoms with Crippen LogP contribution in [0.15, 0.2) is 34.3 Å². The Kier molecular flexibility index (Phi) is 4.91. The van der Waals surface area contributed by atoms with Gasteiger partial charge in [0.2, 0.25) is 0 Å². The molecule has 1 saturated heterocycles. The summed E-state index contributed by atoms with van der Waals surface area (Å²) < 4.78 is 30.7. The lowest BCUT2D eigenvalue weighted by Gasteiger charge is -2.33. The van der Waals surface area contributed by atoms with Crippen LogP contribution in [0.25, 0.3) is 16.7 Å². The van der Waals surface area contributed by atoms with Crippen LogP contribution in [0.2, 0.25) is 0 Å². The van der Waals surface area contributed by atoms with E-state index in [4.69, 9.17) is 5.73 Å². The normalized spacial score (nSPS) is 17.6. The summed E-state index contributed by atoms with van der Waals surface area (Å²) in [5.41, 5.74) is 7.63. The molecule has 1 fully saturated rings. The molecule has 0 spiro atoms. The molecule has 0 unspecified atom stereocenters. The number of fused-ring (bicyclic) bond motifs is 1. The molecule has 3 aromatic rings. The first kappa shape index (κ1) is 19.3. The summed E-state index contributed by atoms with van der Waals surface area (Å²) in [6.45, 7) is 1.30. The van der Waals surface area contributed by atoms with Crippen LogP contribution in [0.3, 0.4) is 0 Å². The molecular formula is C20H22F2N6O. The minimum absolute atomic E-state index is 0.0256. The van der Waals surface area contributed by atoms with E-state index in [0.717, 1.165) is 31.5 Å². The highest BCUT2D eigenvalue weighted by Crippen LogP contribution is 2.34. The molecule has 1 aliphatic heterocycles. The van der Waals surface area contributed by atoms with Gasteiger partial charge in [-0.1, -0.05) is 0 Å². The number of hydrogen-bond donors (Lipinski definition) is 1. The quantitative estimate of drug-likeness (QED) is 0.682. The third-order valence-corrected chi connectivity index (χ3v) is 5.22. The lowest BCUT2D eigenvalue weighted by Crippen LogP contribution is -2.44. The zero-order chi connectivity index (χ0) is 20.7. The van der Waals surface area contributed by atoms with Crippen LogP contribution in [0.1, 0.15) is 18.4 Å². The molecule has 0 saturated carbocycles. The number of nitrogens with two attached hydrogens (primary N) is 1. The second-order valence-electron chi connectivity index (χ2n) is 7.26. The lowest BCUT2D eigenvalue weighted by atomic mass is 10.1. The van der Waals surface area contributed by atoms with E-state index in [-0.39, 0.29) is 17.1 Å². The number of aryl methyl sites for hydroxylation is 1. The largest absolute Gasteiger partial charge is 0.356 e. The number of aliphatic imine (C=N–C) groups is 1. The summed E-state index contributed by atoms with van der Waals surface area (Å²) in [5.74, 6) is -1.28. The average Bonchev–Trinajstić information content (AvgIpc) is 3.02. The Morgan fingerprint density at radius 1 is 1.31 bits per heavy atom. The van der Waals surface area contributed by atoms with Crippen molar-refractivity contribution in [3.8, 4) is 5.69 Å². The fourth-order valence-corrected chi connectivity index (χ4v) is 3.89. The summed E-state index contributed by atoms with van der Waals surface area (Å²) >= 11 is 0. The number of nitrogens with zero attached hydrogens (tertiary/aromatic N) is 5. The van der Waals surface area contributed by atoms with Crippen LogP contribution in [0, 0.1) is 11.6 Å². The molecule has 0 bridgehead atoms. The summed E-state index contributed by atoms with van der Waals surface area (Å²) in [6.07, 6.45) is 4.87. The molecular weight excluding hydrogens is 378 g/mol. The maximum atomic E-state index is 14.1. The third kappa shape index (κ3) is 3.21. The van der Waals surface area contributed by atoms with Crippen LogP contribution in [0.4, 0.5) is 14.6 Å². The van der Waals surface area contributed by atoms with Crippen LogP contribution in [-0.4, -0.2) is 46.5 Å². The maximum absolute atomic E-state index is 14.1. The Morgan fingerprint density at radius 3 is 2.79 bits per heavy atom. The molecule has 7 nitrogen and oxygen atoms in total. The third-order valence-electron chi connectivity index (χ3n) is 5.22. The Balaban J connectivity index is 2.12. The monoisotopic (exact) mass is 400 g/mol. The maximum Gasteiger partial charge on any atom is 0.278 e. The van der Waals surface area contributed by atoms with Crippen molar-refractivity contribution < 1.29 is 8.78 Å². The van der Waals surface area contributed by atoms with Crippen LogP contribution in [-0.2, 0) is 7.05 Å². The molecule has 1 aromatic carbocycles. The van der Waals surface area contributed by atoms with Crippen molar-refractivity contribution in [3.63, 3.8) is 0 Å². The predicted molar refractivity (Wildman–Crippen MR) is 109 cm³/mol. The first-order valence-corrected chi connectivity index (χ1v) is 9.40. The molecule has 1 aliphatic rings. The summed E-state index contributed by atoms with van der Waals surface area (Å²) in [5, 5.41) is 0. The van der Waals surface area contributed by atoms with Crippen LogP contribution in [0.5, 0.6) is 0 Å². The Morgan fingerprint density at radius 2 is 2.10 bits per heavy atom. The molecule has 152 valence electrons. The highest BCUT2D eigenvalue weighted by Gasteiger charge is 2.28. The fraction of sp³-hybridized carbons (Fsp3) is 0.350. The second-order valence-corrected chi connectivity index (χ2v) is 7.26. The number of benzene rings is 1. The van der Waals surface area contributed by atoms with Crippen molar-refractivity contribution >= 4 is 23.1 Å². The molecule has 3 heterocycles. The minimum Gasteiger partial charge on any atom is -0.356 e. The highest BCUT2D eigenvalue weighted by atomic mass is 19.2. The van der Waals surface area contributed by atoms with E-state index in [2.05, 4.69) is 14.9 Å². The molecule has 1 atom stereocenters. The Hall–Kier alpha value is -3.07. The van der Waals surface area contributed by atoms with E-state index in [1.165, 1.54) is 17.0 Å². The van der Waals surface area contributed by atoms with E-state index in [9.17, 15) is 13.6 Å². The first-order valence-electron chi connectivity index (χ1n) is 9.40. The average molecular weight is 400 g/mol. The predicted octanol–water partition coefficient (Wildman–Crippen LogP) is 1.98. The lowest BCUT2D eigenvalue weighted by molar-refractivity contribution is 0.500. The zero-order valence-corrected chi connectivity index (χ0v) is 16.3. The molecule has 4 rings (SSSR count). The van der Waals surface area contributed by atoms with Gasteiger partial charge < -0.3 is 15.2 Å². The van der Waals surface area contributed by atoms with Gasteiger partial charge in [0.05, 0.1) is 17.6 Å². The van der Waals surface area contributed by atoms with Gasteiger partial charge in [0, 0.05) is 45.5 Å². The number of rotatable bonds is 3. The SMILES string of the molecule is CN=Cc1c(N2CCC[C@H](N)C2)n(-c2ccc(F)c(F)c2)c2c(=O)n(C)cnc12. The molecule has 2 N–H and O–H groups in total. The van der Waals surface area contributed by atoms with Gasteiger partial charge in [-0.2, -0.15) is 0 Å². The Labute approximate surface area is 166 Å². The van der Waals surface area contributed by atoms with E-state index in [1.807, 2.05) is 0 Å². The molecule has 0 aliphatic carbocycles. The van der Waals surface area contributed by atoms with Crippen molar-refractivity contribution in [2.45, 2.75) is 18.9 Å². The first-order chi connectivity index (χ1) is 13.9. The second kappa shape index (κ2) is 7.40. The van der Waals surface area contributed by atoms with Crippen molar-refractivity contribution in [2.24, 2.45) is 17.8 Å². The number of anilines is 1. The van der Waals surface area contributed by atoms with Gasteiger partial charge in [-0.25, -0.2) is 13.8 Å². The standard InChI is InChI=1S/C20H22F2N6O/c1-24-9-14-17-18(20(29)26(2)11-25-17)28(13-5-6-15(21)16(22)8-13)19(14)27-7-3-4-12(23)10-27/h5-6,8-9,11-12H,3-4,7,10,23H2,1-2H3/t12-/m0/s1. The van der Waals surface area contributed by atoms with Crippen LogP contribution >= 0.6 is 0 Å². The molecule has 9 heteroatoms. The number of piperidine rings is 1. The zero-order valence-electron chi connectivity index (χ0n) is 16.3. The fourth-order valence-electron chi connectivity index (χ4n) is 3.89. The van der Waals surface area contributed by atoms with Crippen molar-refractivity contribution in [1.29, 1.82) is 0 Å². The van der Waals surface area contributed by atoms with E-state index in [1.54, 1.807) is 24.9 Å². The van der Waals surface area contributed by atoms with Crippen molar-refractivity contribution in [1.82, 2.24) is 14.1 Å². The van der Waals surface area contributed by atoms with E-state index in [0.29, 0.717) is 29.1 Å². The van der Waals surface area contributed by atoms with Crippen molar-refractivity contribution in [2.75, 3.05) is 25.0 Å². The molecule has 2 aromatic heterocycles. The van der Waals surface area contributed by atoms with Gasteiger partial charge in [-0.3, -0.25) is 14.4 Å². The van der Waals surface area contributed by atoms with Gasteiger partial charge in [-0.05, 0) is 25.0 Å². The smallest absolute Gasteiger partial charge is 0.278 e. The number of hydrogen-bond acceptors (Lipinski definition) is 5. The summed E-state index contributed by atoms with van der Waals surface area (Å²) in [4.78, 5) is 23.7. The van der Waals surface area contributed by atoms with Gasteiger partial charge in [0.15, 0.2) is 11.6 Å². The number of aromatic nitrogens is 3. The van der Waals surface area contributed by atoms with Gasteiger partial charge in [0.25, 0.3) is 5.56 Å². The Bertz CT molecular complexity index is 1170. The van der Waals surface area contributed by atoms with Gasteiger partial charge >= 0.3 is 0 Å². The van der Waals surface area contributed by atoms with Crippen molar-refractivity contribution in [3.05, 3.63) is 52.1 Å². The van der Waals surface area contributed by atoms with Gasteiger partial charge in [0.1, 0.15) is 16.9 Å².